The lowest BCUT2D eigenvalue weighted by Crippen LogP contribution is -2.15. The van der Waals surface area contributed by atoms with Gasteiger partial charge in [-0.1, -0.05) is 15.9 Å². The van der Waals surface area contributed by atoms with Gasteiger partial charge in [0.05, 0.1) is 0 Å². The molecule has 0 radical (unpaired) electrons. The van der Waals surface area contributed by atoms with Gasteiger partial charge in [0.25, 0.3) is 0 Å². The van der Waals surface area contributed by atoms with Crippen LogP contribution in [0, 0.1) is 0 Å². The van der Waals surface area contributed by atoms with E-state index in [0.29, 0.717) is 19.8 Å². The molecule has 0 aromatic heterocycles. The van der Waals surface area contributed by atoms with Crippen LogP contribution in [0.3, 0.4) is 0 Å². The molecule has 1 heterocycles. The number of halogens is 1. The largest absolute Gasteiger partial charge is 0.486 e. The molecule has 0 aliphatic carbocycles. The summed E-state index contributed by atoms with van der Waals surface area (Å²) in [5.41, 5.74) is 6.59. The summed E-state index contributed by atoms with van der Waals surface area (Å²) < 4.78 is 11.8. The number of hydrogen-bond donors (Lipinski definition) is 1. The highest BCUT2D eigenvalue weighted by Gasteiger charge is 2.13. The molecule has 70 valence electrons. The van der Waals surface area contributed by atoms with E-state index in [1.165, 1.54) is 0 Å². The van der Waals surface area contributed by atoms with Gasteiger partial charge in [0.15, 0.2) is 11.5 Å². The Kier molecular flexibility index (Phi) is 2.42. The second-order valence-corrected chi connectivity index (χ2v) is 3.65. The topological polar surface area (TPSA) is 44.5 Å². The standard InChI is InChI=1S/C9H10BrNO2/c10-7-4-9-8(3-6(7)5-11)12-1-2-13-9/h3-4H,1-2,5,11H2. The molecule has 1 aliphatic rings. The van der Waals surface area contributed by atoms with E-state index in [-0.39, 0.29) is 0 Å². The summed E-state index contributed by atoms with van der Waals surface area (Å²) in [5, 5.41) is 0. The monoisotopic (exact) mass is 243 g/mol. The fourth-order valence-corrected chi connectivity index (χ4v) is 1.75. The zero-order chi connectivity index (χ0) is 9.26. The van der Waals surface area contributed by atoms with Gasteiger partial charge in [0.2, 0.25) is 0 Å². The van der Waals surface area contributed by atoms with Crippen molar-refractivity contribution >= 4 is 15.9 Å². The average molecular weight is 244 g/mol. The number of fused-ring (bicyclic) bond motifs is 1. The zero-order valence-corrected chi connectivity index (χ0v) is 8.63. The van der Waals surface area contributed by atoms with Crippen LogP contribution in [0.5, 0.6) is 11.5 Å². The van der Waals surface area contributed by atoms with Gasteiger partial charge in [-0.2, -0.15) is 0 Å². The normalized spacial score (nSPS) is 14.3. The predicted octanol–water partition coefficient (Wildman–Crippen LogP) is 1.68. The first kappa shape index (κ1) is 8.84. The van der Waals surface area contributed by atoms with E-state index in [0.717, 1.165) is 21.5 Å². The second kappa shape index (κ2) is 3.55. The third-order valence-electron chi connectivity index (χ3n) is 1.93. The van der Waals surface area contributed by atoms with Crippen molar-refractivity contribution < 1.29 is 9.47 Å². The van der Waals surface area contributed by atoms with E-state index in [1.807, 2.05) is 12.1 Å². The van der Waals surface area contributed by atoms with Crippen molar-refractivity contribution in [3.8, 4) is 11.5 Å². The molecule has 1 aliphatic heterocycles. The zero-order valence-electron chi connectivity index (χ0n) is 7.05. The Hall–Kier alpha value is -0.740. The van der Waals surface area contributed by atoms with E-state index in [1.54, 1.807) is 0 Å². The average Bonchev–Trinajstić information content (AvgIpc) is 2.17. The third kappa shape index (κ3) is 1.64. The molecule has 0 saturated carbocycles. The first-order valence-electron chi connectivity index (χ1n) is 4.09. The van der Waals surface area contributed by atoms with E-state index in [4.69, 9.17) is 15.2 Å². The number of hydrogen-bond acceptors (Lipinski definition) is 3. The van der Waals surface area contributed by atoms with E-state index in [2.05, 4.69) is 15.9 Å². The van der Waals surface area contributed by atoms with Crippen LogP contribution in [0.15, 0.2) is 16.6 Å². The lowest BCUT2D eigenvalue weighted by molar-refractivity contribution is 0.171. The van der Waals surface area contributed by atoms with Gasteiger partial charge >= 0.3 is 0 Å². The number of benzene rings is 1. The predicted molar refractivity (Wildman–Crippen MR) is 53.0 cm³/mol. The van der Waals surface area contributed by atoms with E-state index >= 15 is 0 Å². The van der Waals surface area contributed by atoms with Gasteiger partial charge in [-0.25, -0.2) is 0 Å². The maximum Gasteiger partial charge on any atom is 0.162 e. The fraction of sp³-hybridized carbons (Fsp3) is 0.333. The number of rotatable bonds is 1. The smallest absolute Gasteiger partial charge is 0.162 e. The summed E-state index contributed by atoms with van der Waals surface area (Å²) in [5.74, 6) is 1.57. The van der Waals surface area contributed by atoms with Gasteiger partial charge in [-0.15, -0.1) is 0 Å². The Balaban J connectivity index is 2.44. The van der Waals surface area contributed by atoms with Crippen LogP contribution in [0.1, 0.15) is 5.56 Å². The van der Waals surface area contributed by atoms with Crippen LogP contribution >= 0.6 is 15.9 Å². The van der Waals surface area contributed by atoms with E-state index < -0.39 is 0 Å². The van der Waals surface area contributed by atoms with Crippen molar-refractivity contribution in [3.63, 3.8) is 0 Å². The molecule has 2 N–H and O–H groups in total. The molecule has 13 heavy (non-hydrogen) atoms. The molecular formula is C9H10BrNO2. The van der Waals surface area contributed by atoms with Crippen LogP contribution in [0.25, 0.3) is 0 Å². The van der Waals surface area contributed by atoms with Gasteiger partial charge < -0.3 is 15.2 Å². The highest BCUT2D eigenvalue weighted by Crippen LogP contribution is 2.35. The van der Waals surface area contributed by atoms with Crippen molar-refractivity contribution in [2.75, 3.05) is 13.2 Å². The number of ether oxygens (including phenoxy) is 2. The van der Waals surface area contributed by atoms with Crippen molar-refractivity contribution in [2.24, 2.45) is 5.73 Å². The van der Waals surface area contributed by atoms with Crippen LogP contribution in [-0.4, -0.2) is 13.2 Å². The lowest BCUT2D eigenvalue weighted by Gasteiger charge is -2.19. The molecule has 3 nitrogen and oxygen atoms in total. The molecular weight excluding hydrogens is 234 g/mol. The molecule has 0 amide bonds. The molecule has 0 atom stereocenters. The molecule has 4 heteroatoms. The summed E-state index contributed by atoms with van der Waals surface area (Å²) in [7, 11) is 0. The SMILES string of the molecule is NCc1cc2c(cc1Br)OCCO2. The van der Waals surface area contributed by atoms with Crippen LogP contribution in [-0.2, 0) is 6.54 Å². The first-order valence-corrected chi connectivity index (χ1v) is 4.88. The van der Waals surface area contributed by atoms with Crippen LogP contribution in [0.2, 0.25) is 0 Å². The van der Waals surface area contributed by atoms with Gasteiger partial charge in [0.1, 0.15) is 13.2 Å². The van der Waals surface area contributed by atoms with Crippen molar-refractivity contribution in [1.82, 2.24) is 0 Å². The first-order chi connectivity index (χ1) is 6.31. The maximum absolute atomic E-state index is 5.56. The highest BCUT2D eigenvalue weighted by molar-refractivity contribution is 9.10. The Morgan fingerprint density at radius 2 is 1.85 bits per heavy atom. The Bertz CT molecular complexity index is 328. The van der Waals surface area contributed by atoms with Gasteiger partial charge in [-0.3, -0.25) is 0 Å². The molecule has 1 aromatic rings. The summed E-state index contributed by atoms with van der Waals surface area (Å²) in [6.07, 6.45) is 0. The molecule has 0 bridgehead atoms. The van der Waals surface area contributed by atoms with Crippen LogP contribution < -0.4 is 15.2 Å². The van der Waals surface area contributed by atoms with Gasteiger partial charge in [0, 0.05) is 11.0 Å². The van der Waals surface area contributed by atoms with Gasteiger partial charge in [-0.05, 0) is 17.7 Å². The Labute approximate surface area is 85.0 Å². The fourth-order valence-electron chi connectivity index (χ4n) is 1.26. The molecule has 2 rings (SSSR count). The molecule has 0 fully saturated rings. The summed E-state index contributed by atoms with van der Waals surface area (Å²) in [4.78, 5) is 0. The minimum Gasteiger partial charge on any atom is -0.486 e. The summed E-state index contributed by atoms with van der Waals surface area (Å²) >= 11 is 3.42. The minimum absolute atomic E-state index is 0.497. The summed E-state index contributed by atoms with van der Waals surface area (Å²) in [6, 6.07) is 3.81. The Morgan fingerprint density at radius 1 is 1.23 bits per heavy atom. The molecule has 0 saturated heterocycles. The van der Waals surface area contributed by atoms with Crippen LogP contribution in [0.4, 0.5) is 0 Å². The third-order valence-corrected chi connectivity index (χ3v) is 2.67. The maximum atomic E-state index is 5.56. The molecule has 1 aromatic carbocycles. The van der Waals surface area contributed by atoms with Crippen molar-refractivity contribution in [1.29, 1.82) is 0 Å². The number of nitrogens with two attached hydrogens (primary N) is 1. The second-order valence-electron chi connectivity index (χ2n) is 2.79. The van der Waals surface area contributed by atoms with E-state index in [9.17, 15) is 0 Å². The Morgan fingerprint density at radius 3 is 2.46 bits per heavy atom. The molecule has 0 unspecified atom stereocenters. The quantitative estimate of drug-likeness (QED) is 0.817. The van der Waals surface area contributed by atoms with Crippen molar-refractivity contribution in [3.05, 3.63) is 22.2 Å². The highest BCUT2D eigenvalue weighted by atomic mass is 79.9. The molecule has 0 spiro atoms. The van der Waals surface area contributed by atoms with Crippen molar-refractivity contribution in [2.45, 2.75) is 6.54 Å². The lowest BCUT2D eigenvalue weighted by atomic mass is 10.2. The minimum atomic E-state index is 0.497. The summed E-state index contributed by atoms with van der Waals surface area (Å²) in [6.45, 7) is 1.72.